The number of aryl methyl sites for hydroxylation is 2. The van der Waals surface area contributed by atoms with Crippen LogP contribution in [0.4, 0.5) is 23.0 Å². The number of aromatic carboxylic acids is 1. The number of carboxylic acids is 1. The summed E-state index contributed by atoms with van der Waals surface area (Å²) in [5.41, 5.74) is 6.49. The number of carboxylic acid groups (broad SMARTS) is 1. The fourth-order valence-electron chi connectivity index (χ4n) is 3.78. The summed E-state index contributed by atoms with van der Waals surface area (Å²) in [6.07, 6.45) is 0. The molecule has 0 saturated carbocycles. The molecule has 0 aliphatic carbocycles. The fraction of sp³-hybridized carbons (Fsp3) is 0.364. The van der Waals surface area contributed by atoms with Crippen molar-refractivity contribution in [3.63, 3.8) is 0 Å². The van der Waals surface area contributed by atoms with Gasteiger partial charge in [0.25, 0.3) is 0 Å². The highest BCUT2D eigenvalue weighted by Gasteiger charge is 2.23. The molecule has 174 valence electrons. The summed E-state index contributed by atoms with van der Waals surface area (Å²) < 4.78 is 43.6. The van der Waals surface area contributed by atoms with Gasteiger partial charge in [0.15, 0.2) is 0 Å². The van der Waals surface area contributed by atoms with Gasteiger partial charge in [-0.25, -0.2) is 18.9 Å². The molecule has 32 heavy (non-hydrogen) atoms. The number of nitrogens with zero attached hydrogens (tertiary/aromatic N) is 2. The average molecular weight is 453 g/mol. The van der Waals surface area contributed by atoms with Crippen LogP contribution in [-0.2, 0) is 0 Å². The lowest BCUT2D eigenvalue weighted by molar-refractivity contribution is -0.416. The van der Waals surface area contributed by atoms with Crippen molar-refractivity contribution < 1.29 is 32.2 Å². The second-order valence-electron chi connectivity index (χ2n) is 8.15. The summed E-state index contributed by atoms with van der Waals surface area (Å²) >= 11 is 0. The molecule has 10 heteroatoms. The van der Waals surface area contributed by atoms with Gasteiger partial charge in [0, 0.05) is 0 Å². The Morgan fingerprint density at radius 2 is 1.28 bits per heavy atom. The summed E-state index contributed by atoms with van der Waals surface area (Å²) in [6, 6.07) is 12.4. The van der Waals surface area contributed by atoms with Crippen molar-refractivity contribution in [2.45, 2.75) is 53.6 Å². The molecule has 5 nitrogen and oxygen atoms in total. The zero-order valence-corrected chi connectivity index (χ0v) is 19.0. The van der Waals surface area contributed by atoms with Crippen molar-refractivity contribution in [3.8, 4) is 0 Å². The second-order valence-corrected chi connectivity index (χ2v) is 8.15. The number of para-hydroxylation sites is 2. The lowest BCUT2D eigenvalue weighted by atomic mass is 10.0. The summed E-state index contributed by atoms with van der Waals surface area (Å²) in [7, 11) is -6.00. The molecule has 0 saturated heterocycles. The predicted molar refractivity (Wildman–Crippen MR) is 118 cm³/mol. The Labute approximate surface area is 184 Å². The van der Waals surface area contributed by atoms with E-state index in [4.69, 9.17) is 0 Å². The minimum absolute atomic E-state index is 0.274. The van der Waals surface area contributed by atoms with Crippen LogP contribution in [0.5, 0.6) is 0 Å². The Morgan fingerprint density at radius 1 is 0.906 bits per heavy atom. The monoisotopic (exact) mass is 453 g/mol. The highest BCUT2D eigenvalue weighted by Crippen LogP contribution is 2.20. The number of benzene rings is 2. The van der Waals surface area contributed by atoms with Gasteiger partial charge in [-0.2, -0.15) is 0 Å². The molecule has 0 fully saturated rings. The van der Waals surface area contributed by atoms with E-state index in [1.807, 2.05) is 13.8 Å². The van der Waals surface area contributed by atoms with Crippen LogP contribution < -0.4 is 10.6 Å². The molecular formula is C22H28BF4N3O2. The van der Waals surface area contributed by atoms with Crippen LogP contribution in [0, 0.1) is 13.8 Å². The first-order chi connectivity index (χ1) is 14.7. The van der Waals surface area contributed by atoms with E-state index in [0.29, 0.717) is 5.56 Å². The summed E-state index contributed by atoms with van der Waals surface area (Å²) in [4.78, 5) is 15.0. The molecular weight excluding hydrogens is 425 g/mol. The number of nitrogens with one attached hydrogen (secondary N) is 1. The van der Waals surface area contributed by atoms with Crippen molar-refractivity contribution >= 4 is 29.9 Å². The molecule has 0 aliphatic heterocycles. The molecule has 0 amide bonds. The zero-order valence-electron chi connectivity index (χ0n) is 19.0. The number of carbonyl (C=O) groups is 1. The van der Waals surface area contributed by atoms with Gasteiger partial charge in [-0.1, -0.05) is 12.1 Å². The van der Waals surface area contributed by atoms with Gasteiger partial charge >= 0.3 is 18.8 Å². The van der Waals surface area contributed by atoms with Crippen LogP contribution in [0.2, 0.25) is 0 Å². The number of halogens is 4. The largest absolute Gasteiger partial charge is 0.673 e. The van der Waals surface area contributed by atoms with E-state index in [9.17, 15) is 27.2 Å². The third kappa shape index (κ3) is 5.80. The summed E-state index contributed by atoms with van der Waals surface area (Å²) in [5, 5.41) is 9.31. The molecule has 3 rings (SSSR count). The highest BCUT2D eigenvalue weighted by atomic mass is 19.5. The molecule has 0 atom stereocenters. The third-order valence-electron chi connectivity index (χ3n) is 4.91. The zero-order chi connectivity index (χ0) is 24.4. The van der Waals surface area contributed by atoms with E-state index in [0.717, 1.165) is 22.4 Å². The number of hydrogen-bond donors (Lipinski definition) is 2. The van der Waals surface area contributed by atoms with E-state index >= 15 is 0 Å². The van der Waals surface area contributed by atoms with E-state index in [1.54, 1.807) is 12.1 Å². The van der Waals surface area contributed by atoms with Crippen LogP contribution in [-0.4, -0.2) is 27.5 Å². The molecule has 0 bridgehead atoms. The summed E-state index contributed by atoms with van der Waals surface area (Å²) in [5.74, 6) is -0.902. The summed E-state index contributed by atoms with van der Waals surface area (Å²) in [6.45, 7) is 12.6. The number of rotatable bonds is 4. The second kappa shape index (κ2) is 9.62. The first-order valence-corrected chi connectivity index (χ1v) is 10.3. The Morgan fingerprint density at radius 3 is 1.59 bits per heavy atom. The van der Waals surface area contributed by atoms with Gasteiger partial charge in [-0.05, 0) is 76.9 Å². The van der Waals surface area contributed by atoms with Crippen LogP contribution in [0.25, 0.3) is 11.0 Å². The van der Waals surface area contributed by atoms with E-state index in [2.05, 4.69) is 66.1 Å². The SMILES string of the molecule is Cc1cc(C(=O)O)cc(C)c1[NH+]=c1n(C(C)C)c2ccccc2n1C(C)C.F[B-](F)(F)F. The van der Waals surface area contributed by atoms with E-state index < -0.39 is 13.2 Å². The quantitative estimate of drug-likeness (QED) is 0.451. The van der Waals surface area contributed by atoms with Gasteiger partial charge < -0.3 is 22.4 Å². The molecule has 0 unspecified atom stereocenters. The first kappa shape index (κ1) is 25.2. The van der Waals surface area contributed by atoms with Gasteiger partial charge in [0.1, 0.15) is 16.7 Å². The maximum atomic E-state index is 11.4. The van der Waals surface area contributed by atoms with Gasteiger partial charge in [0.2, 0.25) is 0 Å². The van der Waals surface area contributed by atoms with Crippen molar-refractivity contribution in [3.05, 3.63) is 58.7 Å². The van der Waals surface area contributed by atoms with Crippen molar-refractivity contribution in [2.24, 2.45) is 0 Å². The Balaban J connectivity index is 0.000000654. The first-order valence-electron chi connectivity index (χ1n) is 10.3. The smallest absolute Gasteiger partial charge is 0.478 e. The number of imidazole rings is 1. The average Bonchev–Trinajstić information content (AvgIpc) is 2.97. The Bertz CT molecular complexity index is 1120. The van der Waals surface area contributed by atoms with Crippen LogP contribution >= 0.6 is 0 Å². The van der Waals surface area contributed by atoms with Crippen molar-refractivity contribution in [2.75, 3.05) is 0 Å². The normalized spacial score (nSPS) is 11.6. The molecule has 1 heterocycles. The standard InChI is InChI=1S/C22H27N3O2.BF4/c1-13(2)24-18-9-7-8-10-19(18)25(14(3)4)22(24)23-20-15(5)11-17(21(26)27)12-16(20)6;2-1(3,4)5/h7-14H,1-6H3,(H,26,27);/q;-1/p+1. The lowest BCUT2D eigenvalue weighted by Gasteiger charge is -2.08. The topological polar surface area (TPSA) is 61.1 Å². The molecule has 3 aromatic rings. The van der Waals surface area contributed by atoms with Crippen molar-refractivity contribution in [1.82, 2.24) is 9.13 Å². The molecule has 2 aromatic carbocycles. The molecule has 0 aliphatic rings. The van der Waals surface area contributed by atoms with Crippen LogP contribution in [0.15, 0.2) is 36.4 Å². The van der Waals surface area contributed by atoms with E-state index in [1.165, 1.54) is 11.0 Å². The fourth-order valence-corrected chi connectivity index (χ4v) is 3.78. The molecule has 0 spiro atoms. The van der Waals surface area contributed by atoms with Gasteiger partial charge in [-0.15, -0.1) is 0 Å². The van der Waals surface area contributed by atoms with Gasteiger partial charge in [-0.3, -0.25) is 0 Å². The van der Waals surface area contributed by atoms with Crippen molar-refractivity contribution in [1.29, 1.82) is 0 Å². The number of hydrogen-bond acceptors (Lipinski definition) is 1. The van der Waals surface area contributed by atoms with Crippen LogP contribution in [0.3, 0.4) is 0 Å². The molecule has 2 N–H and O–H groups in total. The minimum Gasteiger partial charge on any atom is -0.478 e. The van der Waals surface area contributed by atoms with Gasteiger partial charge in [0.05, 0.1) is 17.6 Å². The highest BCUT2D eigenvalue weighted by molar-refractivity contribution is 6.50. The third-order valence-corrected chi connectivity index (χ3v) is 4.91. The Kier molecular flexibility index (Phi) is 7.59. The van der Waals surface area contributed by atoms with Crippen LogP contribution in [0.1, 0.15) is 61.3 Å². The number of aromatic nitrogens is 2. The maximum absolute atomic E-state index is 11.4. The van der Waals surface area contributed by atoms with E-state index in [-0.39, 0.29) is 12.1 Å². The molecule has 0 radical (unpaired) electrons. The number of fused-ring (bicyclic) bond motifs is 1. The molecule has 1 aromatic heterocycles. The predicted octanol–water partition coefficient (Wildman–Crippen LogP) is 4.53. The Hall–Kier alpha value is -3.04. The maximum Gasteiger partial charge on any atom is 0.673 e. The minimum atomic E-state index is -6.00. The lowest BCUT2D eigenvalue weighted by Crippen LogP contribution is -2.75.